The van der Waals surface area contributed by atoms with Gasteiger partial charge in [0.1, 0.15) is 17.2 Å². The Morgan fingerprint density at radius 1 is 0.855 bits per heavy atom. The predicted octanol–water partition coefficient (Wildman–Crippen LogP) is 6.99. The zero-order valence-corrected chi connectivity index (χ0v) is 36.7. The Hall–Kier alpha value is -5.58. The molecule has 2 amide bonds. The van der Waals surface area contributed by atoms with Gasteiger partial charge in [-0.3, -0.25) is 20.0 Å². The molecule has 2 aromatic carbocycles. The van der Waals surface area contributed by atoms with E-state index in [-0.39, 0.29) is 30.0 Å². The Bertz CT molecular complexity index is 1880. The fourth-order valence-corrected chi connectivity index (χ4v) is 6.59. The minimum Gasteiger partial charge on any atom is -0.494 e. The molecular weight excluding hydrogens is 795 g/mol. The molecule has 0 unspecified atom stereocenters. The number of nitrogens with two attached hydrogens (primary N) is 1. The van der Waals surface area contributed by atoms with Gasteiger partial charge in [0.25, 0.3) is 5.91 Å². The number of hydrogen-bond acceptors (Lipinski definition) is 11. The molecule has 4 rings (SSSR count). The second-order valence-corrected chi connectivity index (χ2v) is 16.2. The summed E-state index contributed by atoms with van der Waals surface area (Å²) >= 11 is 0. The number of amides is 2. The molecule has 6 N–H and O–H groups in total. The Kier molecular flexibility index (Phi) is 20.1. The van der Waals surface area contributed by atoms with Crippen LogP contribution in [-0.2, 0) is 23.7 Å². The topological polar surface area (TPSA) is 220 Å². The number of hydrogen-bond donors (Lipinski definition) is 5. The van der Waals surface area contributed by atoms with Crippen molar-refractivity contribution >= 4 is 35.3 Å². The number of carbonyl (C=O) groups is 3. The molecule has 16 heteroatoms. The number of aliphatic imine (C=N–C) groups is 1. The molecule has 62 heavy (non-hydrogen) atoms. The number of ether oxygens (including phenoxy) is 5. The van der Waals surface area contributed by atoms with Crippen molar-refractivity contribution in [1.82, 2.24) is 15.2 Å². The molecule has 3 aromatic rings. The minimum absolute atomic E-state index is 0.0102. The lowest BCUT2D eigenvalue weighted by Crippen LogP contribution is -2.58. The molecule has 1 saturated heterocycles. The number of piperidine rings is 1. The van der Waals surface area contributed by atoms with E-state index in [0.29, 0.717) is 95.4 Å². The van der Waals surface area contributed by atoms with E-state index in [2.05, 4.69) is 20.6 Å². The summed E-state index contributed by atoms with van der Waals surface area (Å²) in [5.41, 5.74) is 7.76. The predicted molar refractivity (Wildman–Crippen MR) is 238 cm³/mol. The normalized spacial score (nSPS) is 14.5. The van der Waals surface area contributed by atoms with Crippen molar-refractivity contribution in [2.24, 2.45) is 10.7 Å². The van der Waals surface area contributed by atoms with E-state index >= 15 is 0 Å². The molecule has 1 atom stereocenters. The lowest BCUT2D eigenvalue weighted by Gasteiger charge is -2.42. The fourth-order valence-electron chi connectivity index (χ4n) is 6.59. The van der Waals surface area contributed by atoms with E-state index < -0.39 is 23.2 Å². The molecule has 1 aromatic heterocycles. The molecule has 2 heterocycles. The number of nitrogens with one attached hydrogen (secondary N) is 3. The zero-order valence-electron chi connectivity index (χ0n) is 36.7. The van der Waals surface area contributed by atoms with Gasteiger partial charge in [-0.2, -0.15) is 0 Å². The lowest BCUT2D eigenvalue weighted by molar-refractivity contribution is -0.137. The lowest BCUT2D eigenvalue weighted by atomic mass is 9.85. The summed E-state index contributed by atoms with van der Waals surface area (Å²) in [6.07, 6.45) is 8.15. The third kappa shape index (κ3) is 17.4. The van der Waals surface area contributed by atoms with E-state index in [1.807, 2.05) is 58.0 Å². The van der Waals surface area contributed by atoms with Crippen molar-refractivity contribution in [2.45, 2.75) is 96.2 Å². The Labute approximate surface area is 365 Å². The average molecular weight is 860 g/mol. The van der Waals surface area contributed by atoms with Crippen LogP contribution < -0.4 is 21.1 Å². The monoisotopic (exact) mass is 859 g/mol. The minimum atomic E-state index is -0.915. The maximum Gasteiger partial charge on any atom is 0.410 e. The van der Waals surface area contributed by atoms with Crippen molar-refractivity contribution in [3.8, 4) is 5.75 Å². The van der Waals surface area contributed by atoms with Crippen LogP contribution in [0.2, 0.25) is 0 Å². The van der Waals surface area contributed by atoms with Crippen LogP contribution in [0, 0.1) is 5.41 Å². The van der Waals surface area contributed by atoms with Gasteiger partial charge in [-0.1, -0.05) is 24.6 Å². The van der Waals surface area contributed by atoms with E-state index in [0.717, 1.165) is 37.0 Å². The summed E-state index contributed by atoms with van der Waals surface area (Å²) in [4.78, 5) is 47.1. The molecule has 0 spiro atoms. The number of nitrogens with zero attached hydrogens (tertiary/aromatic N) is 3. The van der Waals surface area contributed by atoms with Crippen LogP contribution in [0.3, 0.4) is 0 Å². The summed E-state index contributed by atoms with van der Waals surface area (Å²) in [7, 11) is 0. The summed E-state index contributed by atoms with van der Waals surface area (Å²) in [6, 6.07) is 18.0. The molecule has 1 aliphatic heterocycles. The van der Waals surface area contributed by atoms with E-state index in [1.54, 1.807) is 47.6 Å². The molecular formula is C46H65N7O9. The number of carboxylic acid groups (broad SMARTS) is 1. The molecule has 0 radical (unpaired) electrons. The summed E-state index contributed by atoms with van der Waals surface area (Å²) in [5, 5.41) is 23.8. The highest BCUT2D eigenvalue weighted by atomic mass is 16.6. The number of benzene rings is 2. The summed E-state index contributed by atoms with van der Waals surface area (Å²) < 4.78 is 28.0. The average Bonchev–Trinajstić information content (AvgIpc) is 3.24. The van der Waals surface area contributed by atoms with Gasteiger partial charge >= 0.3 is 12.1 Å². The molecule has 0 saturated carbocycles. The Morgan fingerprint density at radius 3 is 2.10 bits per heavy atom. The largest absolute Gasteiger partial charge is 0.494 e. The third-order valence-corrected chi connectivity index (χ3v) is 10.1. The molecule has 338 valence electrons. The summed E-state index contributed by atoms with van der Waals surface area (Å²) in [5.74, 6) is -0.102. The molecule has 0 aliphatic carbocycles. The number of aromatic nitrogens is 1. The van der Waals surface area contributed by atoms with E-state index in [9.17, 15) is 14.4 Å². The van der Waals surface area contributed by atoms with Gasteiger partial charge in [0.2, 0.25) is 0 Å². The molecule has 16 nitrogen and oxygen atoms in total. The highest BCUT2D eigenvalue weighted by molar-refractivity contribution is 6.07. The Balaban J connectivity index is 1.20. The highest BCUT2D eigenvalue weighted by Gasteiger charge is 2.41. The van der Waals surface area contributed by atoms with Gasteiger partial charge in [-0.15, -0.1) is 0 Å². The second-order valence-electron chi connectivity index (χ2n) is 16.2. The van der Waals surface area contributed by atoms with Gasteiger partial charge in [0, 0.05) is 61.9 Å². The van der Waals surface area contributed by atoms with Crippen LogP contribution in [0.4, 0.5) is 10.5 Å². The third-order valence-electron chi connectivity index (χ3n) is 10.1. The first-order valence-corrected chi connectivity index (χ1v) is 21.4. The molecule has 1 aliphatic rings. The van der Waals surface area contributed by atoms with Gasteiger partial charge in [-0.25, -0.2) is 9.79 Å². The Morgan fingerprint density at radius 2 is 1.47 bits per heavy atom. The number of amidine groups is 2. The number of unbranched alkanes of at least 4 members (excludes halogenated alkanes) is 3. The number of pyridine rings is 1. The number of carbonyl (C=O) groups excluding carboxylic acids is 2. The standard InChI is InChI=1S/C46H65N7O9/c1-34(35-14-16-39(17-15-35)61-28-8-6-5-7-26-58-29-31-60-32-30-59-27-10-13-40(54)55)50-42(56)37-11-9-12-38(33-37)52-46(43(48)51-41(47)36-18-22-49-23-19-36)20-24-53(25-21-46)44(57)62-45(2,3)4/h9,11-12,14-19,22-23,33-34,52H,5-8,10,13,20-21,24-32H2,1-4H3,(H,50,56)(H,54,55)(H3,47,48,51)/t34-/m1/s1. The van der Waals surface area contributed by atoms with Crippen LogP contribution in [-0.4, -0.2) is 115 Å². The maximum absolute atomic E-state index is 13.5. The second kappa shape index (κ2) is 25.4. The van der Waals surface area contributed by atoms with Crippen molar-refractivity contribution in [2.75, 3.05) is 64.7 Å². The molecule has 0 bridgehead atoms. The number of likely N-dealkylation sites (tertiary alicyclic amines) is 1. The van der Waals surface area contributed by atoms with Crippen molar-refractivity contribution < 1.29 is 43.2 Å². The first-order valence-electron chi connectivity index (χ1n) is 21.4. The maximum atomic E-state index is 13.5. The van der Waals surface area contributed by atoms with Crippen molar-refractivity contribution in [3.63, 3.8) is 0 Å². The fraction of sp³-hybridized carbons (Fsp3) is 0.522. The zero-order chi connectivity index (χ0) is 44.8. The van der Waals surface area contributed by atoms with Crippen molar-refractivity contribution in [1.29, 1.82) is 5.41 Å². The quantitative estimate of drug-likeness (QED) is 0.0331. The van der Waals surface area contributed by atoms with E-state index in [1.165, 1.54) is 0 Å². The van der Waals surface area contributed by atoms with E-state index in [4.69, 9.17) is 39.9 Å². The van der Waals surface area contributed by atoms with Gasteiger partial charge < -0.3 is 50.1 Å². The van der Waals surface area contributed by atoms with Gasteiger partial charge in [0.05, 0.1) is 44.6 Å². The first kappa shape index (κ1) is 49.1. The number of anilines is 1. The van der Waals surface area contributed by atoms with Crippen LogP contribution in [0.15, 0.2) is 78.0 Å². The van der Waals surface area contributed by atoms with Crippen molar-refractivity contribution in [3.05, 3.63) is 89.7 Å². The highest BCUT2D eigenvalue weighted by Crippen LogP contribution is 2.30. The molecule has 1 fully saturated rings. The smallest absolute Gasteiger partial charge is 0.410 e. The van der Waals surface area contributed by atoms with Crippen LogP contribution in [0.1, 0.15) is 107 Å². The van der Waals surface area contributed by atoms with Crippen LogP contribution >= 0.6 is 0 Å². The first-order chi connectivity index (χ1) is 29.7. The number of rotatable bonds is 25. The summed E-state index contributed by atoms with van der Waals surface area (Å²) in [6.45, 7) is 11.7. The van der Waals surface area contributed by atoms with Crippen LogP contribution in [0.5, 0.6) is 5.75 Å². The number of aliphatic carboxylic acids is 1. The van der Waals surface area contributed by atoms with Gasteiger partial charge in [0.15, 0.2) is 5.84 Å². The van der Waals surface area contributed by atoms with Gasteiger partial charge in [-0.05, 0) is 114 Å². The SMILES string of the molecule is C[C@@H](NC(=O)c1cccc(NC2(C(N)=NC(=N)c3ccncc3)CCN(C(=O)OC(C)(C)C)CC2)c1)c1ccc(OCCCCCCOCCOCCOCCCC(=O)O)cc1. The number of carboxylic acids is 1. The van der Waals surface area contributed by atoms with Crippen LogP contribution in [0.25, 0.3) is 0 Å².